The van der Waals surface area contributed by atoms with E-state index in [0.717, 1.165) is 18.3 Å². The maximum absolute atomic E-state index is 4.33. The third kappa shape index (κ3) is 3.85. The number of piperazine rings is 1. The molecule has 4 rings (SSSR count). The molecule has 0 radical (unpaired) electrons. The van der Waals surface area contributed by atoms with Crippen LogP contribution in [0.1, 0.15) is 18.4 Å². The number of benzene rings is 1. The predicted octanol–water partition coefficient (Wildman–Crippen LogP) is 2.89. The summed E-state index contributed by atoms with van der Waals surface area (Å²) in [5.41, 5.74) is 2.53. The van der Waals surface area contributed by atoms with E-state index in [0.29, 0.717) is 0 Å². The Hall–Kier alpha value is -1.30. The first-order valence-corrected chi connectivity index (χ1v) is 10.2. The van der Waals surface area contributed by atoms with Gasteiger partial charge in [0.25, 0.3) is 0 Å². The molecule has 0 bridgehead atoms. The van der Waals surface area contributed by atoms with Gasteiger partial charge in [-0.3, -0.25) is 9.80 Å². The highest BCUT2D eigenvalue weighted by Crippen LogP contribution is 2.23. The van der Waals surface area contributed by atoms with Gasteiger partial charge >= 0.3 is 0 Å². The lowest BCUT2D eigenvalue weighted by Gasteiger charge is -2.40. The molecular weight excluding hydrogens is 316 g/mol. The second kappa shape index (κ2) is 7.72. The normalized spacial score (nSPS) is 21.2. The smallest absolute Gasteiger partial charge is 0.0648 e. The van der Waals surface area contributed by atoms with E-state index in [-0.39, 0.29) is 0 Å². The zero-order valence-electron chi connectivity index (χ0n) is 14.2. The van der Waals surface area contributed by atoms with E-state index in [1.807, 2.05) is 23.1 Å². The van der Waals surface area contributed by atoms with Gasteiger partial charge in [-0.2, -0.15) is 16.9 Å². The molecule has 0 saturated carbocycles. The summed E-state index contributed by atoms with van der Waals surface area (Å²) in [6, 6.07) is 11.6. The van der Waals surface area contributed by atoms with Crippen molar-refractivity contribution in [3.63, 3.8) is 0 Å². The molecule has 128 valence electrons. The second-order valence-electron chi connectivity index (χ2n) is 6.78. The number of nitrogens with zero attached hydrogens (tertiary/aromatic N) is 4. The van der Waals surface area contributed by atoms with Crippen molar-refractivity contribution in [2.24, 2.45) is 0 Å². The van der Waals surface area contributed by atoms with Crippen LogP contribution in [-0.4, -0.2) is 63.3 Å². The molecule has 2 aliphatic rings. The molecule has 2 aromatic rings. The van der Waals surface area contributed by atoms with Crippen molar-refractivity contribution in [2.45, 2.75) is 25.4 Å². The van der Waals surface area contributed by atoms with Crippen LogP contribution in [-0.2, 0) is 6.54 Å². The zero-order chi connectivity index (χ0) is 16.2. The first kappa shape index (κ1) is 16.2. The first-order chi connectivity index (χ1) is 11.9. The van der Waals surface area contributed by atoms with E-state index in [2.05, 4.69) is 50.9 Å². The van der Waals surface area contributed by atoms with Gasteiger partial charge in [0.1, 0.15) is 0 Å². The van der Waals surface area contributed by atoms with Crippen molar-refractivity contribution in [3.05, 3.63) is 48.3 Å². The van der Waals surface area contributed by atoms with Crippen molar-refractivity contribution in [3.8, 4) is 5.69 Å². The lowest BCUT2D eigenvalue weighted by atomic mass is 10.1. The van der Waals surface area contributed by atoms with Crippen LogP contribution >= 0.6 is 11.8 Å². The highest BCUT2D eigenvalue weighted by atomic mass is 32.2. The summed E-state index contributed by atoms with van der Waals surface area (Å²) in [7, 11) is 0. The summed E-state index contributed by atoms with van der Waals surface area (Å²) in [6.07, 6.45) is 6.60. The van der Waals surface area contributed by atoms with Crippen LogP contribution in [0, 0.1) is 0 Å². The largest absolute Gasteiger partial charge is 0.298 e. The number of hydrogen-bond donors (Lipinski definition) is 0. The van der Waals surface area contributed by atoms with Crippen LogP contribution in [0.25, 0.3) is 5.69 Å². The molecular formula is C19H26N4S. The third-order valence-electron chi connectivity index (χ3n) is 5.20. The predicted molar refractivity (Wildman–Crippen MR) is 101 cm³/mol. The molecule has 0 spiro atoms. The Balaban J connectivity index is 1.33. The average Bonchev–Trinajstić information content (AvgIpc) is 3.18. The minimum atomic E-state index is 0.844. The molecule has 0 aliphatic carbocycles. The number of hydrogen-bond acceptors (Lipinski definition) is 4. The average molecular weight is 343 g/mol. The van der Waals surface area contributed by atoms with E-state index in [1.165, 1.54) is 56.1 Å². The zero-order valence-corrected chi connectivity index (χ0v) is 15.0. The van der Waals surface area contributed by atoms with Gasteiger partial charge < -0.3 is 0 Å². The minimum Gasteiger partial charge on any atom is -0.298 e. The van der Waals surface area contributed by atoms with Gasteiger partial charge in [-0.1, -0.05) is 12.1 Å². The maximum Gasteiger partial charge on any atom is 0.0648 e. The van der Waals surface area contributed by atoms with Crippen LogP contribution in [0.3, 0.4) is 0 Å². The Labute approximate surface area is 148 Å². The van der Waals surface area contributed by atoms with E-state index < -0.39 is 0 Å². The summed E-state index contributed by atoms with van der Waals surface area (Å²) in [5, 5.41) is 4.33. The third-order valence-corrected chi connectivity index (χ3v) is 6.25. The minimum absolute atomic E-state index is 0.844. The Kier molecular flexibility index (Phi) is 5.21. The summed E-state index contributed by atoms with van der Waals surface area (Å²) < 4.78 is 1.93. The molecule has 0 atom stereocenters. The fourth-order valence-electron chi connectivity index (χ4n) is 3.81. The van der Waals surface area contributed by atoms with Gasteiger partial charge in [0.2, 0.25) is 0 Å². The molecule has 1 aromatic carbocycles. The summed E-state index contributed by atoms with van der Waals surface area (Å²) in [6.45, 7) is 5.89. The highest BCUT2D eigenvalue weighted by Gasteiger charge is 2.25. The lowest BCUT2D eigenvalue weighted by molar-refractivity contribution is 0.0880. The fourth-order valence-corrected chi connectivity index (χ4v) is 4.90. The summed E-state index contributed by atoms with van der Waals surface area (Å²) in [5.74, 6) is 2.70. The SMILES string of the molecule is c1cc(CN2CCN(C3CCSCC3)CC2)cc(-n2cccn2)c1. The molecule has 3 heterocycles. The number of aromatic nitrogens is 2. The molecule has 1 aromatic heterocycles. The Morgan fingerprint density at radius 3 is 2.62 bits per heavy atom. The van der Waals surface area contributed by atoms with Gasteiger partial charge in [0, 0.05) is 51.2 Å². The van der Waals surface area contributed by atoms with Crippen molar-refractivity contribution >= 4 is 11.8 Å². The highest BCUT2D eigenvalue weighted by molar-refractivity contribution is 7.99. The second-order valence-corrected chi connectivity index (χ2v) is 8.00. The molecule has 2 saturated heterocycles. The number of thioether (sulfide) groups is 1. The molecule has 2 aliphatic heterocycles. The van der Waals surface area contributed by atoms with E-state index in [9.17, 15) is 0 Å². The summed E-state index contributed by atoms with van der Waals surface area (Å²) in [4.78, 5) is 5.33. The Morgan fingerprint density at radius 1 is 1.04 bits per heavy atom. The van der Waals surface area contributed by atoms with Crippen molar-refractivity contribution in [1.29, 1.82) is 0 Å². The fraction of sp³-hybridized carbons (Fsp3) is 0.526. The topological polar surface area (TPSA) is 24.3 Å². The Bertz CT molecular complexity index is 629. The molecule has 2 fully saturated rings. The van der Waals surface area contributed by atoms with Crippen molar-refractivity contribution in [2.75, 3.05) is 37.7 Å². The van der Waals surface area contributed by atoms with Crippen LogP contribution in [0.4, 0.5) is 0 Å². The van der Waals surface area contributed by atoms with E-state index in [1.54, 1.807) is 0 Å². The van der Waals surface area contributed by atoms with Gasteiger partial charge in [-0.25, -0.2) is 4.68 Å². The van der Waals surface area contributed by atoms with E-state index >= 15 is 0 Å². The molecule has 4 nitrogen and oxygen atoms in total. The van der Waals surface area contributed by atoms with Gasteiger partial charge in [0.05, 0.1) is 5.69 Å². The monoisotopic (exact) mass is 342 g/mol. The lowest BCUT2D eigenvalue weighted by Crippen LogP contribution is -2.50. The quantitative estimate of drug-likeness (QED) is 0.853. The summed E-state index contributed by atoms with van der Waals surface area (Å²) >= 11 is 2.12. The molecule has 0 N–H and O–H groups in total. The van der Waals surface area contributed by atoms with Crippen molar-refractivity contribution in [1.82, 2.24) is 19.6 Å². The van der Waals surface area contributed by atoms with Crippen LogP contribution in [0.2, 0.25) is 0 Å². The molecule has 0 amide bonds. The standard InChI is InChI=1S/C19H26N4S/c1-3-17(15-19(4-1)23-8-2-7-20-23)16-21-9-11-22(12-10-21)18-5-13-24-14-6-18/h1-4,7-8,15,18H,5-6,9-14,16H2. The van der Waals surface area contributed by atoms with Gasteiger partial charge in [-0.15, -0.1) is 0 Å². The maximum atomic E-state index is 4.33. The number of rotatable bonds is 4. The van der Waals surface area contributed by atoms with Crippen LogP contribution < -0.4 is 0 Å². The van der Waals surface area contributed by atoms with E-state index in [4.69, 9.17) is 0 Å². The van der Waals surface area contributed by atoms with Crippen LogP contribution in [0.5, 0.6) is 0 Å². The van der Waals surface area contributed by atoms with Crippen molar-refractivity contribution < 1.29 is 0 Å². The van der Waals surface area contributed by atoms with Gasteiger partial charge in [-0.05, 0) is 48.1 Å². The van der Waals surface area contributed by atoms with Gasteiger partial charge in [0.15, 0.2) is 0 Å². The molecule has 5 heteroatoms. The van der Waals surface area contributed by atoms with Crippen LogP contribution in [0.15, 0.2) is 42.7 Å². The first-order valence-electron chi connectivity index (χ1n) is 9.01. The molecule has 24 heavy (non-hydrogen) atoms. The Morgan fingerprint density at radius 2 is 1.88 bits per heavy atom. The molecule has 0 unspecified atom stereocenters.